The molecular formula is C20H32IN7S. The SMILES string of the molecule is CN=C(NCc1nnc2n1CCCCC2)NCC(c1cccs1)N1CCCC1.I. The first-order valence-electron chi connectivity index (χ1n) is 10.5. The molecule has 0 saturated carbocycles. The van der Waals surface area contributed by atoms with Gasteiger partial charge in [-0.25, -0.2) is 0 Å². The minimum Gasteiger partial charge on any atom is -0.354 e. The maximum Gasteiger partial charge on any atom is 0.191 e. The van der Waals surface area contributed by atoms with E-state index in [0.29, 0.717) is 12.6 Å². The van der Waals surface area contributed by atoms with Crippen LogP contribution in [0.2, 0.25) is 0 Å². The second kappa shape index (κ2) is 11.3. The third-order valence-electron chi connectivity index (χ3n) is 5.74. The van der Waals surface area contributed by atoms with Crippen molar-refractivity contribution in [3.63, 3.8) is 0 Å². The van der Waals surface area contributed by atoms with Crippen LogP contribution in [0.5, 0.6) is 0 Å². The summed E-state index contributed by atoms with van der Waals surface area (Å²) in [6, 6.07) is 4.80. The van der Waals surface area contributed by atoms with E-state index in [4.69, 9.17) is 0 Å². The summed E-state index contributed by atoms with van der Waals surface area (Å²) >= 11 is 1.84. The van der Waals surface area contributed by atoms with E-state index >= 15 is 0 Å². The van der Waals surface area contributed by atoms with Gasteiger partial charge in [-0.3, -0.25) is 9.89 Å². The number of nitrogens with zero attached hydrogens (tertiary/aromatic N) is 5. The Hall–Kier alpha value is -1.20. The van der Waals surface area contributed by atoms with Crippen molar-refractivity contribution in [2.24, 2.45) is 4.99 Å². The first kappa shape index (κ1) is 22.5. The van der Waals surface area contributed by atoms with Crippen molar-refractivity contribution in [1.29, 1.82) is 0 Å². The van der Waals surface area contributed by atoms with Crippen LogP contribution >= 0.6 is 35.3 Å². The molecule has 1 saturated heterocycles. The molecule has 0 bridgehead atoms. The molecule has 1 unspecified atom stereocenters. The van der Waals surface area contributed by atoms with Crippen molar-refractivity contribution in [2.75, 3.05) is 26.7 Å². The molecule has 9 heteroatoms. The Labute approximate surface area is 194 Å². The van der Waals surface area contributed by atoms with E-state index in [0.717, 1.165) is 37.1 Å². The van der Waals surface area contributed by atoms with Crippen molar-refractivity contribution < 1.29 is 0 Å². The Bertz CT molecular complexity index is 768. The first-order valence-corrected chi connectivity index (χ1v) is 11.4. The molecule has 2 aliphatic heterocycles. The molecule has 1 fully saturated rings. The Morgan fingerprint density at radius 2 is 1.97 bits per heavy atom. The van der Waals surface area contributed by atoms with Gasteiger partial charge < -0.3 is 15.2 Å². The molecule has 29 heavy (non-hydrogen) atoms. The predicted molar refractivity (Wildman–Crippen MR) is 129 cm³/mol. The number of hydrogen-bond acceptors (Lipinski definition) is 5. The fourth-order valence-corrected chi connectivity index (χ4v) is 5.06. The molecule has 2 N–H and O–H groups in total. The van der Waals surface area contributed by atoms with Gasteiger partial charge in [0.15, 0.2) is 11.8 Å². The van der Waals surface area contributed by atoms with E-state index in [1.54, 1.807) is 0 Å². The number of aromatic nitrogens is 3. The minimum atomic E-state index is 0. The third kappa shape index (κ3) is 5.69. The maximum absolute atomic E-state index is 4.42. The average Bonchev–Trinajstić information content (AvgIpc) is 3.46. The predicted octanol–water partition coefficient (Wildman–Crippen LogP) is 3.19. The van der Waals surface area contributed by atoms with Gasteiger partial charge in [0.05, 0.1) is 12.6 Å². The van der Waals surface area contributed by atoms with Crippen LogP contribution in [-0.2, 0) is 19.5 Å². The van der Waals surface area contributed by atoms with Crippen molar-refractivity contribution in [2.45, 2.75) is 57.7 Å². The van der Waals surface area contributed by atoms with E-state index < -0.39 is 0 Å². The normalized spacial score (nSPS) is 18.6. The number of thiophene rings is 1. The molecule has 4 heterocycles. The molecule has 2 aromatic heterocycles. The second-order valence-electron chi connectivity index (χ2n) is 7.58. The fraction of sp³-hybridized carbons (Fsp3) is 0.650. The van der Waals surface area contributed by atoms with Crippen LogP contribution in [0.3, 0.4) is 0 Å². The van der Waals surface area contributed by atoms with Gasteiger partial charge in [0.2, 0.25) is 0 Å². The van der Waals surface area contributed by atoms with Crippen LogP contribution in [0.4, 0.5) is 0 Å². The summed E-state index contributed by atoms with van der Waals surface area (Å²) in [5.41, 5.74) is 0. The van der Waals surface area contributed by atoms with E-state index in [1.165, 1.54) is 50.1 Å². The Kier molecular flexibility index (Phi) is 8.73. The highest BCUT2D eigenvalue weighted by atomic mass is 127. The van der Waals surface area contributed by atoms with Crippen molar-refractivity contribution in [3.05, 3.63) is 34.0 Å². The molecule has 0 amide bonds. The molecule has 2 aliphatic rings. The summed E-state index contributed by atoms with van der Waals surface area (Å²) in [7, 11) is 1.83. The number of rotatable bonds is 6. The summed E-state index contributed by atoms with van der Waals surface area (Å²) in [5, 5.41) is 17.9. The highest BCUT2D eigenvalue weighted by Crippen LogP contribution is 2.27. The maximum atomic E-state index is 4.42. The lowest BCUT2D eigenvalue weighted by molar-refractivity contribution is 0.249. The number of hydrogen-bond donors (Lipinski definition) is 2. The summed E-state index contributed by atoms with van der Waals surface area (Å²) in [6.07, 6.45) is 7.34. The third-order valence-corrected chi connectivity index (χ3v) is 6.71. The number of halogens is 1. The van der Waals surface area contributed by atoms with Crippen LogP contribution in [0.25, 0.3) is 0 Å². The van der Waals surface area contributed by atoms with Gasteiger partial charge >= 0.3 is 0 Å². The van der Waals surface area contributed by atoms with Crippen molar-refractivity contribution >= 4 is 41.3 Å². The molecule has 2 aromatic rings. The van der Waals surface area contributed by atoms with Gasteiger partial charge in [-0.1, -0.05) is 12.5 Å². The van der Waals surface area contributed by atoms with Crippen LogP contribution in [0.15, 0.2) is 22.5 Å². The summed E-state index contributed by atoms with van der Waals surface area (Å²) in [6.45, 7) is 4.91. The van der Waals surface area contributed by atoms with Gasteiger partial charge in [-0.15, -0.1) is 45.5 Å². The number of likely N-dealkylation sites (tertiary alicyclic amines) is 1. The molecule has 1 atom stereocenters. The quantitative estimate of drug-likeness (QED) is 0.342. The monoisotopic (exact) mass is 529 g/mol. The van der Waals surface area contributed by atoms with Gasteiger partial charge in [-0.2, -0.15) is 0 Å². The summed E-state index contributed by atoms with van der Waals surface area (Å²) in [4.78, 5) is 8.43. The molecule has 160 valence electrons. The molecule has 7 nitrogen and oxygen atoms in total. The number of aryl methyl sites for hydroxylation is 1. The largest absolute Gasteiger partial charge is 0.354 e. The zero-order chi connectivity index (χ0) is 19.2. The van der Waals surface area contributed by atoms with Crippen LogP contribution in [0, 0.1) is 0 Å². The lowest BCUT2D eigenvalue weighted by atomic mass is 10.2. The molecule has 0 spiro atoms. The lowest BCUT2D eigenvalue weighted by Gasteiger charge is -2.27. The van der Waals surface area contributed by atoms with E-state index in [9.17, 15) is 0 Å². The summed E-state index contributed by atoms with van der Waals surface area (Å²) < 4.78 is 2.28. The van der Waals surface area contributed by atoms with Crippen LogP contribution in [0.1, 0.15) is 54.7 Å². The van der Waals surface area contributed by atoms with Gasteiger partial charge in [0, 0.05) is 31.4 Å². The van der Waals surface area contributed by atoms with Gasteiger partial charge in [0.1, 0.15) is 5.82 Å². The van der Waals surface area contributed by atoms with E-state index in [1.807, 2.05) is 18.4 Å². The van der Waals surface area contributed by atoms with Crippen LogP contribution < -0.4 is 10.6 Å². The zero-order valence-corrected chi connectivity index (χ0v) is 20.3. The second-order valence-corrected chi connectivity index (χ2v) is 8.55. The van der Waals surface area contributed by atoms with Gasteiger partial charge in [0.25, 0.3) is 0 Å². The Balaban J connectivity index is 0.00000240. The first-order chi connectivity index (χ1) is 13.8. The molecule has 4 rings (SSSR count). The molecule has 0 aliphatic carbocycles. The van der Waals surface area contributed by atoms with E-state index in [2.05, 4.69) is 52.8 Å². The average molecular weight is 529 g/mol. The summed E-state index contributed by atoms with van der Waals surface area (Å²) in [5.74, 6) is 2.96. The molecule has 0 aromatic carbocycles. The van der Waals surface area contributed by atoms with Crippen molar-refractivity contribution in [1.82, 2.24) is 30.3 Å². The number of aliphatic imine (C=N–C) groups is 1. The topological polar surface area (TPSA) is 70.4 Å². The highest BCUT2D eigenvalue weighted by Gasteiger charge is 2.24. The minimum absolute atomic E-state index is 0. The lowest BCUT2D eigenvalue weighted by Crippen LogP contribution is -2.42. The Morgan fingerprint density at radius 3 is 2.72 bits per heavy atom. The molecule has 0 radical (unpaired) electrons. The fourth-order valence-electron chi connectivity index (χ4n) is 4.20. The highest BCUT2D eigenvalue weighted by molar-refractivity contribution is 14.0. The van der Waals surface area contributed by atoms with Crippen molar-refractivity contribution in [3.8, 4) is 0 Å². The van der Waals surface area contributed by atoms with Crippen LogP contribution in [-0.4, -0.2) is 52.3 Å². The standard InChI is InChI=1S/C20H31N7S.HI/c1-21-20(23-15-19-25-24-18-9-3-2-4-12-27(18)19)22-14-16(17-8-7-13-28-17)26-10-5-6-11-26;/h7-8,13,16H,2-6,9-12,14-15H2,1H3,(H2,21,22,23);1H. The Morgan fingerprint density at radius 1 is 1.14 bits per heavy atom. The van der Waals surface area contributed by atoms with E-state index in [-0.39, 0.29) is 24.0 Å². The van der Waals surface area contributed by atoms with Gasteiger partial charge in [-0.05, 0) is 50.2 Å². The number of fused-ring (bicyclic) bond motifs is 1. The smallest absolute Gasteiger partial charge is 0.191 e. The zero-order valence-electron chi connectivity index (χ0n) is 17.1. The number of guanidine groups is 1. The molecular weight excluding hydrogens is 497 g/mol. The number of nitrogens with one attached hydrogen (secondary N) is 2.